The molecule has 17 heavy (non-hydrogen) atoms. The van der Waals surface area contributed by atoms with Crippen LogP contribution in [0.1, 0.15) is 33.6 Å². The first-order valence-electron chi connectivity index (χ1n) is 5.72. The van der Waals surface area contributed by atoms with Crippen LogP contribution in [0.15, 0.2) is 0 Å². The van der Waals surface area contributed by atoms with Crippen LogP contribution in [0.2, 0.25) is 0 Å². The maximum absolute atomic E-state index is 12.0. The average Bonchev–Trinajstić information content (AvgIpc) is 2.55. The highest BCUT2D eigenvalue weighted by molar-refractivity contribution is 9.09. The lowest BCUT2D eigenvalue weighted by Crippen LogP contribution is -2.43. The van der Waals surface area contributed by atoms with E-state index < -0.39 is 10.8 Å². The van der Waals surface area contributed by atoms with Crippen LogP contribution < -0.4 is 0 Å². The van der Waals surface area contributed by atoms with Crippen molar-refractivity contribution >= 4 is 27.9 Å². The Labute approximate surface area is 110 Å². The summed E-state index contributed by atoms with van der Waals surface area (Å²) >= 11 is 3.49. The molecule has 0 bridgehead atoms. The van der Waals surface area contributed by atoms with Gasteiger partial charge in [-0.2, -0.15) is 0 Å². The molecule has 1 fully saturated rings. The molecule has 0 spiro atoms. The third kappa shape index (κ3) is 2.21. The standard InChI is InChI=1S/C12H19BrO4/c1-5-17-10(15)12(3)7-6-11(2,8(12)13)9(14)16-4/h8H,5-7H2,1-4H3. The topological polar surface area (TPSA) is 52.6 Å². The van der Waals surface area contributed by atoms with Crippen molar-refractivity contribution in [1.29, 1.82) is 0 Å². The number of hydrogen-bond acceptors (Lipinski definition) is 4. The van der Waals surface area contributed by atoms with E-state index in [0.717, 1.165) is 0 Å². The molecule has 4 nitrogen and oxygen atoms in total. The van der Waals surface area contributed by atoms with Gasteiger partial charge in [0.15, 0.2) is 0 Å². The highest BCUT2D eigenvalue weighted by atomic mass is 79.9. The number of hydrogen-bond donors (Lipinski definition) is 0. The molecule has 0 heterocycles. The molecule has 0 N–H and O–H groups in total. The van der Waals surface area contributed by atoms with E-state index in [0.29, 0.717) is 19.4 Å². The second kappa shape index (κ2) is 4.96. The van der Waals surface area contributed by atoms with Gasteiger partial charge in [0.1, 0.15) is 0 Å². The number of alkyl halides is 1. The molecule has 3 atom stereocenters. The van der Waals surface area contributed by atoms with Crippen LogP contribution in [0.5, 0.6) is 0 Å². The largest absolute Gasteiger partial charge is 0.469 e. The van der Waals surface area contributed by atoms with Gasteiger partial charge in [0, 0.05) is 4.83 Å². The molecule has 0 radical (unpaired) electrons. The number of carbonyl (C=O) groups is 2. The molecule has 98 valence electrons. The Morgan fingerprint density at radius 3 is 2.12 bits per heavy atom. The lowest BCUT2D eigenvalue weighted by Gasteiger charge is -2.31. The van der Waals surface area contributed by atoms with Gasteiger partial charge in [-0.1, -0.05) is 15.9 Å². The number of esters is 2. The van der Waals surface area contributed by atoms with Gasteiger partial charge in [0.25, 0.3) is 0 Å². The zero-order valence-electron chi connectivity index (χ0n) is 10.7. The Morgan fingerprint density at radius 1 is 1.24 bits per heavy atom. The van der Waals surface area contributed by atoms with Crippen LogP contribution in [-0.4, -0.2) is 30.5 Å². The summed E-state index contributed by atoms with van der Waals surface area (Å²) in [7, 11) is 1.37. The lowest BCUT2D eigenvalue weighted by molar-refractivity contribution is -0.155. The van der Waals surface area contributed by atoms with Crippen LogP contribution in [0.3, 0.4) is 0 Å². The second-order valence-electron chi connectivity index (χ2n) is 4.91. The van der Waals surface area contributed by atoms with Crippen molar-refractivity contribution in [3.05, 3.63) is 0 Å². The lowest BCUT2D eigenvalue weighted by atomic mass is 9.81. The van der Waals surface area contributed by atoms with E-state index in [9.17, 15) is 9.59 Å². The van der Waals surface area contributed by atoms with Crippen molar-refractivity contribution in [3.63, 3.8) is 0 Å². The maximum atomic E-state index is 12.0. The Balaban J connectivity index is 2.96. The van der Waals surface area contributed by atoms with E-state index in [-0.39, 0.29) is 16.8 Å². The molecule has 1 saturated carbocycles. The van der Waals surface area contributed by atoms with E-state index >= 15 is 0 Å². The minimum absolute atomic E-state index is 0.255. The molecule has 3 unspecified atom stereocenters. The van der Waals surface area contributed by atoms with Crippen molar-refractivity contribution in [2.75, 3.05) is 13.7 Å². The summed E-state index contributed by atoms with van der Waals surface area (Å²) in [5.41, 5.74) is -1.34. The molecule has 1 aliphatic rings. The monoisotopic (exact) mass is 306 g/mol. The molecule has 0 aliphatic heterocycles. The van der Waals surface area contributed by atoms with Gasteiger partial charge in [-0.05, 0) is 33.6 Å². The van der Waals surface area contributed by atoms with Gasteiger partial charge in [-0.15, -0.1) is 0 Å². The fourth-order valence-electron chi connectivity index (χ4n) is 2.42. The smallest absolute Gasteiger partial charge is 0.312 e. The Kier molecular flexibility index (Phi) is 4.23. The van der Waals surface area contributed by atoms with Crippen LogP contribution in [0.25, 0.3) is 0 Å². The van der Waals surface area contributed by atoms with Gasteiger partial charge in [0.2, 0.25) is 0 Å². The summed E-state index contributed by atoms with van der Waals surface area (Å²) in [5, 5.41) is 0. The second-order valence-corrected chi connectivity index (χ2v) is 5.83. The molecule has 0 amide bonds. The molecule has 0 aromatic heterocycles. The Morgan fingerprint density at radius 2 is 1.71 bits per heavy atom. The van der Waals surface area contributed by atoms with Crippen LogP contribution in [0, 0.1) is 10.8 Å². The first-order chi connectivity index (χ1) is 7.82. The third-order valence-electron chi connectivity index (χ3n) is 3.68. The Bertz CT molecular complexity index is 330. The van der Waals surface area contributed by atoms with Gasteiger partial charge in [0.05, 0.1) is 24.5 Å². The zero-order chi connectivity index (χ0) is 13.3. The normalized spacial score (nSPS) is 36.6. The van der Waals surface area contributed by atoms with Gasteiger partial charge >= 0.3 is 11.9 Å². The summed E-state index contributed by atoms with van der Waals surface area (Å²) < 4.78 is 9.90. The van der Waals surface area contributed by atoms with Crippen molar-refractivity contribution in [1.82, 2.24) is 0 Å². The van der Waals surface area contributed by atoms with E-state index in [2.05, 4.69) is 15.9 Å². The predicted molar refractivity (Wildman–Crippen MR) is 66.8 cm³/mol. The summed E-state index contributed by atoms with van der Waals surface area (Å²) in [6.45, 7) is 5.78. The summed E-state index contributed by atoms with van der Waals surface area (Å²) in [6, 6.07) is 0. The average molecular weight is 307 g/mol. The minimum atomic E-state index is -0.670. The van der Waals surface area contributed by atoms with Gasteiger partial charge in [-0.3, -0.25) is 9.59 Å². The van der Waals surface area contributed by atoms with Crippen LogP contribution >= 0.6 is 15.9 Å². The third-order valence-corrected chi connectivity index (χ3v) is 5.70. The zero-order valence-corrected chi connectivity index (χ0v) is 12.3. The number of ether oxygens (including phenoxy) is 2. The fraction of sp³-hybridized carbons (Fsp3) is 0.833. The van der Waals surface area contributed by atoms with Gasteiger partial charge < -0.3 is 9.47 Å². The minimum Gasteiger partial charge on any atom is -0.469 e. The summed E-state index contributed by atoms with van der Waals surface area (Å²) in [6.07, 6.45) is 1.23. The van der Waals surface area contributed by atoms with Crippen molar-refractivity contribution in [2.24, 2.45) is 10.8 Å². The number of methoxy groups -OCH3 is 1. The quantitative estimate of drug-likeness (QED) is 0.593. The predicted octanol–water partition coefficient (Wildman–Crippen LogP) is 2.29. The van der Waals surface area contributed by atoms with Crippen LogP contribution in [0.4, 0.5) is 0 Å². The van der Waals surface area contributed by atoms with E-state index in [1.165, 1.54) is 7.11 Å². The molecule has 0 aromatic rings. The molecule has 5 heteroatoms. The van der Waals surface area contributed by atoms with Crippen molar-refractivity contribution in [3.8, 4) is 0 Å². The summed E-state index contributed by atoms with van der Waals surface area (Å²) in [5.74, 6) is -0.540. The Hall–Kier alpha value is -0.580. The van der Waals surface area contributed by atoms with E-state index in [1.807, 2.05) is 13.8 Å². The van der Waals surface area contributed by atoms with E-state index in [4.69, 9.17) is 9.47 Å². The highest BCUT2D eigenvalue weighted by Gasteiger charge is 2.59. The molecular weight excluding hydrogens is 288 g/mol. The van der Waals surface area contributed by atoms with Gasteiger partial charge in [-0.25, -0.2) is 0 Å². The number of carbonyl (C=O) groups excluding carboxylic acids is 2. The first kappa shape index (κ1) is 14.5. The maximum Gasteiger partial charge on any atom is 0.312 e. The molecule has 0 saturated heterocycles. The SMILES string of the molecule is CCOC(=O)C1(C)CCC(C)(C(=O)OC)C1Br. The van der Waals surface area contributed by atoms with Crippen molar-refractivity contribution < 1.29 is 19.1 Å². The first-order valence-corrected chi connectivity index (χ1v) is 6.64. The summed E-state index contributed by atoms with van der Waals surface area (Å²) in [4.78, 5) is 23.5. The molecule has 1 rings (SSSR count). The molecule has 1 aliphatic carbocycles. The highest BCUT2D eigenvalue weighted by Crippen LogP contribution is 2.54. The molecular formula is C12H19BrO4. The fourth-order valence-corrected chi connectivity index (χ4v) is 3.25. The van der Waals surface area contributed by atoms with E-state index in [1.54, 1.807) is 6.92 Å². The molecule has 0 aromatic carbocycles. The van der Waals surface area contributed by atoms with Crippen LogP contribution in [-0.2, 0) is 19.1 Å². The van der Waals surface area contributed by atoms with Crippen molar-refractivity contribution in [2.45, 2.75) is 38.4 Å². The number of halogens is 1. The number of rotatable bonds is 3.